The fraction of sp³-hybridized carbons (Fsp3) is 0.588. The highest BCUT2D eigenvalue weighted by molar-refractivity contribution is 5.40. The molecule has 3 heteroatoms. The number of benzene rings is 1. The summed E-state index contributed by atoms with van der Waals surface area (Å²) < 4.78 is 5.93. The Morgan fingerprint density at radius 3 is 2.65 bits per heavy atom. The first-order chi connectivity index (χ1) is 9.44. The van der Waals surface area contributed by atoms with Crippen LogP contribution in [0.2, 0.25) is 0 Å². The molecule has 0 aliphatic rings. The summed E-state index contributed by atoms with van der Waals surface area (Å²) in [5.74, 6) is 0.987. The molecular weight excluding hydrogens is 248 g/mol. The third kappa shape index (κ3) is 6.08. The lowest BCUT2D eigenvalue weighted by molar-refractivity contribution is 0.300. The quantitative estimate of drug-likeness (QED) is 0.766. The first kappa shape index (κ1) is 16.5. The van der Waals surface area contributed by atoms with E-state index in [2.05, 4.69) is 57.3 Å². The van der Waals surface area contributed by atoms with Crippen LogP contribution in [0.1, 0.15) is 51.2 Å². The number of unbranched alkanes of at least 4 members (excludes halogenated alkanes) is 2. The van der Waals surface area contributed by atoms with E-state index in [1.165, 1.54) is 11.1 Å². The first-order valence-electron chi connectivity index (χ1n) is 7.27. The number of nitriles is 1. The summed E-state index contributed by atoms with van der Waals surface area (Å²) in [5, 5.41) is 12.0. The second-order valence-corrected chi connectivity index (χ2v) is 6.13. The normalized spacial score (nSPS) is 11.2. The Morgan fingerprint density at radius 1 is 1.25 bits per heavy atom. The maximum Gasteiger partial charge on any atom is 0.126 e. The highest BCUT2D eigenvalue weighted by atomic mass is 16.5. The molecule has 1 aromatic carbocycles. The number of hydrogen-bond donors (Lipinski definition) is 1. The maximum atomic E-state index is 8.52. The van der Waals surface area contributed by atoms with Crippen LogP contribution in [0.5, 0.6) is 5.75 Å². The van der Waals surface area contributed by atoms with Crippen LogP contribution in [0, 0.1) is 18.3 Å². The summed E-state index contributed by atoms with van der Waals surface area (Å²) in [6, 6.07) is 8.41. The molecule has 0 saturated heterocycles. The molecule has 1 aromatic rings. The second kappa shape index (κ2) is 7.91. The Kier molecular flexibility index (Phi) is 6.54. The van der Waals surface area contributed by atoms with E-state index in [0.717, 1.165) is 25.1 Å². The van der Waals surface area contributed by atoms with Gasteiger partial charge in [0.1, 0.15) is 5.75 Å². The van der Waals surface area contributed by atoms with Crippen molar-refractivity contribution in [3.63, 3.8) is 0 Å². The zero-order valence-corrected chi connectivity index (χ0v) is 13.1. The van der Waals surface area contributed by atoms with E-state index < -0.39 is 0 Å². The zero-order valence-electron chi connectivity index (χ0n) is 13.1. The van der Waals surface area contributed by atoms with Crippen molar-refractivity contribution < 1.29 is 4.74 Å². The van der Waals surface area contributed by atoms with Gasteiger partial charge in [-0.1, -0.05) is 18.2 Å². The fourth-order valence-corrected chi connectivity index (χ4v) is 1.90. The smallest absolute Gasteiger partial charge is 0.126 e. The molecule has 20 heavy (non-hydrogen) atoms. The van der Waals surface area contributed by atoms with Crippen LogP contribution >= 0.6 is 0 Å². The van der Waals surface area contributed by atoms with Crippen LogP contribution in [-0.4, -0.2) is 12.1 Å². The van der Waals surface area contributed by atoms with Crippen molar-refractivity contribution in [1.29, 1.82) is 5.26 Å². The van der Waals surface area contributed by atoms with E-state index in [0.29, 0.717) is 13.0 Å². The number of nitrogens with zero attached hydrogens (tertiary/aromatic N) is 1. The van der Waals surface area contributed by atoms with Gasteiger partial charge in [-0.3, -0.25) is 0 Å². The monoisotopic (exact) mass is 274 g/mol. The van der Waals surface area contributed by atoms with Crippen molar-refractivity contribution in [3.8, 4) is 11.8 Å². The molecule has 1 N–H and O–H groups in total. The zero-order chi connectivity index (χ0) is 15.0. The van der Waals surface area contributed by atoms with Gasteiger partial charge in [-0.2, -0.15) is 5.26 Å². The van der Waals surface area contributed by atoms with Crippen LogP contribution in [0.3, 0.4) is 0 Å². The van der Waals surface area contributed by atoms with Crippen LogP contribution < -0.4 is 10.1 Å². The summed E-state index contributed by atoms with van der Waals surface area (Å²) in [6.07, 6.45) is 2.43. The largest absolute Gasteiger partial charge is 0.493 e. The predicted octanol–water partition coefficient (Wildman–Crippen LogP) is 3.96. The number of rotatable bonds is 7. The molecule has 0 aliphatic heterocycles. The minimum absolute atomic E-state index is 0.0911. The number of para-hydroxylation sites is 1. The molecule has 0 heterocycles. The van der Waals surface area contributed by atoms with Crippen molar-refractivity contribution >= 4 is 0 Å². The summed E-state index contributed by atoms with van der Waals surface area (Å²) in [5.41, 5.74) is 2.45. The van der Waals surface area contributed by atoms with Gasteiger partial charge in [-0.15, -0.1) is 0 Å². The van der Waals surface area contributed by atoms with Crippen molar-refractivity contribution in [2.45, 2.75) is 59.0 Å². The highest BCUT2D eigenvalue weighted by Gasteiger charge is 2.12. The van der Waals surface area contributed by atoms with Gasteiger partial charge in [-0.25, -0.2) is 0 Å². The topological polar surface area (TPSA) is 45.0 Å². The predicted molar refractivity (Wildman–Crippen MR) is 82.7 cm³/mol. The Hall–Kier alpha value is -1.53. The summed E-state index contributed by atoms with van der Waals surface area (Å²) >= 11 is 0. The molecule has 0 aliphatic carbocycles. The van der Waals surface area contributed by atoms with Gasteiger partial charge in [0, 0.05) is 24.1 Å². The first-order valence-corrected chi connectivity index (χ1v) is 7.27. The van der Waals surface area contributed by atoms with Gasteiger partial charge in [0.05, 0.1) is 12.7 Å². The van der Waals surface area contributed by atoms with Gasteiger partial charge in [0.2, 0.25) is 0 Å². The maximum absolute atomic E-state index is 8.52. The van der Waals surface area contributed by atoms with Gasteiger partial charge >= 0.3 is 0 Å². The molecule has 0 bridgehead atoms. The fourth-order valence-electron chi connectivity index (χ4n) is 1.90. The van der Waals surface area contributed by atoms with E-state index in [1.54, 1.807) is 0 Å². The lowest BCUT2D eigenvalue weighted by Gasteiger charge is -2.22. The number of nitrogens with one attached hydrogen (secondary N) is 1. The van der Waals surface area contributed by atoms with E-state index in [9.17, 15) is 0 Å². The van der Waals surface area contributed by atoms with Crippen molar-refractivity contribution in [1.82, 2.24) is 5.32 Å². The lowest BCUT2D eigenvalue weighted by Crippen LogP contribution is -2.35. The van der Waals surface area contributed by atoms with E-state index in [4.69, 9.17) is 10.00 Å². The third-order valence-electron chi connectivity index (χ3n) is 3.03. The molecular formula is C17H26N2O. The van der Waals surface area contributed by atoms with E-state index >= 15 is 0 Å². The Morgan fingerprint density at radius 2 is 2.00 bits per heavy atom. The summed E-state index contributed by atoms with van der Waals surface area (Å²) in [4.78, 5) is 0. The average molecular weight is 274 g/mol. The van der Waals surface area contributed by atoms with Gasteiger partial charge in [-0.05, 0) is 46.1 Å². The average Bonchev–Trinajstić information content (AvgIpc) is 2.37. The second-order valence-electron chi connectivity index (χ2n) is 6.13. The Bertz CT molecular complexity index is 455. The molecule has 0 aromatic heterocycles. The molecule has 1 rings (SSSR count). The molecule has 0 spiro atoms. The summed E-state index contributed by atoms with van der Waals surface area (Å²) in [7, 11) is 0. The number of ether oxygens (including phenoxy) is 1. The molecule has 0 atom stereocenters. The number of aryl methyl sites for hydroxylation is 1. The van der Waals surface area contributed by atoms with Gasteiger partial charge in [0.25, 0.3) is 0 Å². The SMILES string of the molecule is Cc1cccc(CNC(C)(C)C)c1OCCCCC#N. The van der Waals surface area contributed by atoms with Crippen molar-refractivity contribution in [2.24, 2.45) is 0 Å². The molecule has 3 nitrogen and oxygen atoms in total. The molecule has 0 amide bonds. The van der Waals surface area contributed by atoms with Crippen LogP contribution in [0.4, 0.5) is 0 Å². The van der Waals surface area contributed by atoms with Crippen LogP contribution in [-0.2, 0) is 6.54 Å². The standard InChI is InChI=1S/C17H26N2O/c1-14-9-8-10-15(13-19-17(2,3)4)16(14)20-12-7-5-6-11-18/h8-10,19H,5-7,12-13H2,1-4H3. The number of hydrogen-bond acceptors (Lipinski definition) is 3. The molecule has 0 fully saturated rings. The van der Waals surface area contributed by atoms with E-state index in [1.807, 2.05) is 0 Å². The minimum Gasteiger partial charge on any atom is -0.493 e. The van der Waals surface area contributed by atoms with E-state index in [-0.39, 0.29) is 5.54 Å². The minimum atomic E-state index is 0.0911. The Labute approximate surface area is 123 Å². The Balaban J connectivity index is 2.61. The summed E-state index contributed by atoms with van der Waals surface area (Å²) in [6.45, 7) is 10.0. The highest BCUT2D eigenvalue weighted by Crippen LogP contribution is 2.24. The third-order valence-corrected chi connectivity index (χ3v) is 3.03. The molecule has 0 radical (unpaired) electrons. The van der Waals surface area contributed by atoms with Crippen LogP contribution in [0.25, 0.3) is 0 Å². The van der Waals surface area contributed by atoms with Gasteiger partial charge < -0.3 is 10.1 Å². The molecule has 0 saturated carbocycles. The van der Waals surface area contributed by atoms with Crippen LogP contribution in [0.15, 0.2) is 18.2 Å². The molecule has 110 valence electrons. The van der Waals surface area contributed by atoms with Gasteiger partial charge in [0.15, 0.2) is 0 Å². The lowest BCUT2D eigenvalue weighted by atomic mass is 10.1. The van der Waals surface area contributed by atoms with Crippen molar-refractivity contribution in [2.75, 3.05) is 6.61 Å². The molecule has 0 unspecified atom stereocenters. The van der Waals surface area contributed by atoms with Crippen molar-refractivity contribution in [3.05, 3.63) is 29.3 Å².